The molecule has 130 valence electrons. The van der Waals surface area contributed by atoms with E-state index < -0.39 is 0 Å². The number of nitrogens with one attached hydrogen (secondary N) is 1. The topological polar surface area (TPSA) is 25.0 Å². The largest absolute Gasteiger partial charge is 0.497 e. The number of methoxy groups -OCH3 is 1. The third-order valence-electron chi connectivity index (χ3n) is 4.39. The highest BCUT2D eigenvalue weighted by atomic mass is 32.2. The minimum atomic E-state index is -0.221. The van der Waals surface area contributed by atoms with E-state index in [1.165, 1.54) is 23.1 Å². The summed E-state index contributed by atoms with van der Waals surface area (Å²) in [6, 6.07) is 23.0. The van der Waals surface area contributed by atoms with E-state index in [0.717, 1.165) is 21.7 Å². The summed E-state index contributed by atoms with van der Waals surface area (Å²) in [7, 11) is 1.66. The monoisotopic (exact) mass is 363 g/mol. The van der Waals surface area contributed by atoms with Crippen LogP contribution in [0.15, 0.2) is 83.9 Å². The maximum atomic E-state index is 13.4. The van der Waals surface area contributed by atoms with E-state index >= 15 is 0 Å². The molecule has 1 heterocycles. The Bertz CT molecular complexity index is 1010. The van der Waals surface area contributed by atoms with Gasteiger partial charge in [0.25, 0.3) is 0 Å². The summed E-state index contributed by atoms with van der Waals surface area (Å²) in [6.07, 6.45) is 2.05. The van der Waals surface area contributed by atoms with Gasteiger partial charge in [0.1, 0.15) is 11.6 Å². The van der Waals surface area contributed by atoms with Gasteiger partial charge >= 0.3 is 0 Å². The highest BCUT2D eigenvalue weighted by Crippen LogP contribution is 2.43. The van der Waals surface area contributed by atoms with Crippen LogP contribution in [0.3, 0.4) is 0 Å². The van der Waals surface area contributed by atoms with E-state index in [-0.39, 0.29) is 11.1 Å². The van der Waals surface area contributed by atoms with Crippen LogP contribution in [0.25, 0.3) is 10.9 Å². The number of benzene rings is 3. The standard InChI is InChI=1S/C22H18FNOS/c1-25-17-10-12-18(13-11-17)26-22(15-6-8-16(23)9-7-15)20-14-24-21-5-3-2-4-19(20)21/h2-14,22,24H,1H3. The van der Waals surface area contributed by atoms with E-state index in [1.807, 2.05) is 36.4 Å². The van der Waals surface area contributed by atoms with Crippen molar-refractivity contribution < 1.29 is 9.13 Å². The average Bonchev–Trinajstić information content (AvgIpc) is 3.11. The Labute approximate surface area is 156 Å². The molecule has 0 spiro atoms. The maximum Gasteiger partial charge on any atom is 0.123 e. The minimum absolute atomic E-state index is 0.0557. The summed E-state index contributed by atoms with van der Waals surface area (Å²) in [5, 5.41) is 1.24. The molecule has 1 unspecified atom stereocenters. The van der Waals surface area contributed by atoms with Crippen LogP contribution in [0.1, 0.15) is 16.4 Å². The van der Waals surface area contributed by atoms with E-state index in [9.17, 15) is 4.39 Å². The Morgan fingerprint density at radius 1 is 0.923 bits per heavy atom. The average molecular weight is 363 g/mol. The molecule has 0 aliphatic heterocycles. The van der Waals surface area contributed by atoms with Crippen molar-refractivity contribution >= 4 is 22.7 Å². The molecule has 4 heteroatoms. The van der Waals surface area contributed by atoms with Crippen molar-refractivity contribution in [3.05, 3.63) is 95.9 Å². The number of aromatic nitrogens is 1. The Hall–Kier alpha value is -2.72. The second-order valence-corrected chi connectivity index (χ2v) is 7.19. The fourth-order valence-electron chi connectivity index (χ4n) is 3.05. The lowest BCUT2D eigenvalue weighted by Gasteiger charge is -2.17. The quantitative estimate of drug-likeness (QED) is 0.427. The van der Waals surface area contributed by atoms with Crippen molar-refractivity contribution in [3.8, 4) is 5.75 Å². The van der Waals surface area contributed by atoms with Crippen LogP contribution >= 0.6 is 11.8 Å². The number of ether oxygens (including phenoxy) is 1. The Morgan fingerprint density at radius 2 is 1.65 bits per heavy atom. The van der Waals surface area contributed by atoms with Gasteiger partial charge in [-0.3, -0.25) is 0 Å². The van der Waals surface area contributed by atoms with Gasteiger partial charge in [-0.05, 0) is 53.6 Å². The van der Waals surface area contributed by atoms with E-state index in [0.29, 0.717) is 0 Å². The third kappa shape index (κ3) is 3.33. The molecule has 3 aromatic carbocycles. The molecule has 1 N–H and O–H groups in total. The van der Waals surface area contributed by atoms with Crippen molar-refractivity contribution in [2.75, 3.05) is 7.11 Å². The van der Waals surface area contributed by atoms with Crippen LogP contribution in [0.2, 0.25) is 0 Å². The van der Waals surface area contributed by atoms with E-state index in [2.05, 4.69) is 35.4 Å². The molecule has 0 aliphatic rings. The lowest BCUT2D eigenvalue weighted by Crippen LogP contribution is -1.96. The van der Waals surface area contributed by atoms with Gasteiger partial charge in [-0.15, -0.1) is 11.8 Å². The summed E-state index contributed by atoms with van der Waals surface area (Å²) in [5.41, 5.74) is 3.36. The predicted octanol–water partition coefficient (Wildman–Crippen LogP) is 6.20. The summed E-state index contributed by atoms with van der Waals surface area (Å²) >= 11 is 1.74. The molecule has 26 heavy (non-hydrogen) atoms. The minimum Gasteiger partial charge on any atom is -0.497 e. The molecule has 0 saturated heterocycles. The normalized spacial score (nSPS) is 12.2. The number of para-hydroxylation sites is 1. The zero-order chi connectivity index (χ0) is 17.9. The first kappa shape index (κ1) is 16.7. The van der Waals surface area contributed by atoms with Gasteiger partial charge in [0, 0.05) is 22.0 Å². The first-order chi connectivity index (χ1) is 12.7. The highest BCUT2D eigenvalue weighted by Gasteiger charge is 2.19. The smallest absolute Gasteiger partial charge is 0.123 e. The van der Waals surface area contributed by atoms with Crippen molar-refractivity contribution in [3.63, 3.8) is 0 Å². The van der Waals surface area contributed by atoms with Crippen LogP contribution in [0, 0.1) is 5.82 Å². The molecule has 1 aromatic heterocycles. The Morgan fingerprint density at radius 3 is 2.38 bits per heavy atom. The van der Waals surface area contributed by atoms with Gasteiger partial charge in [-0.25, -0.2) is 4.39 Å². The number of halogens is 1. The highest BCUT2D eigenvalue weighted by molar-refractivity contribution is 7.99. The summed E-state index contributed by atoms with van der Waals surface area (Å²) in [4.78, 5) is 4.48. The fourth-order valence-corrected chi connectivity index (χ4v) is 4.23. The van der Waals surface area contributed by atoms with Gasteiger partial charge in [0.05, 0.1) is 12.4 Å². The van der Waals surface area contributed by atoms with Crippen LogP contribution in [-0.2, 0) is 0 Å². The van der Waals surface area contributed by atoms with Crippen molar-refractivity contribution in [1.82, 2.24) is 4.98 Å². The fraction of sp³-hybridized carbons (Fsp3) is 0.0909. The SMILES string of the molecule is COc1ccc(SC(c2ccc(F)cc2)c2c[nH]c3ccccc23)cc1. The Balaban J connectivity index is 1.77. The lowest BCUT2D eigenvalue weighted by molar-refractivity contribution is 0.414. The molecule has 0 saturated carbocycles. The van der Waals surface area contributed by atoms with Crippen LogP contribution in [-0.4, -0.2) is 12.1 Å². The molecule has 0 fully saturated rings. The van der Waals surface area contributed by atoms with Crippen LogP contribution in [0.4, 0.5) is 4.39 Å². The first-order valence-corrected chi connectivity index (χ1v) is 9.25. The zero-order valence-corrected chi connectivity index (χ0v) is 15.1. The van der Waals surface area contributed by atoms with Gasteiger partial charge in [-0.2, -0.15) is 0 Å². The Kier molecular flexibility index (Phi) is 4.67. The summed E-state index contributed by atoms with van der Waals surface area (Å²) in [6.45, 7) is 0. The lowest BCUT2D eigenvalue weighted by atomic mass is 10.0. The van der Waals surface area contributed by atoms with E-state index in [1.54, 1.807) is 18.9 Å². The molecule has 0 amide bonds. The molecule has 1 atom stereocenters. The van der Waals surface area contributed by atoms with Crippen molar-refractivity contribution in [1.29, 1.82) is 0 Å². The number of aromatic amines is 1. The van der Waals surface area contributed by atoms with Crippen LogP contribution < -0.4 is 4.74 Å². The molecular weight excluding hydrogens is 345 g/mol. The van der Waals surface area contributed by atoms with Crippen molar-refractivity contribution in [2.45, 2.75) is 10.1 Å². The second-order valence-electron chi connectivity index (χ2n) is 6.01. The summed E-state index contributed by atoms with van der Waals surface area (Å²) in [5.74, 6) is 0.612. The van der Waals surface area contributed by atoms with Gasteiger partial charge in [0.15, 0.2) is 0 Å². The number of hydrogen-bond donors (Lipinski definition) is 1. The molecule has 2 nitrogen and oxygen atoms in total. The number of rotatable bonds is 5. The molecule has 4 aromatic rings. The second kappa shape index (κ2) is 7.26. The molecule has 4 rings (SSSR count). The van der Waals surface area contributed by atoms with Gasteiger partial charge < -0.3 is 9.72 Å². The van der Waals surface area contributed by atoms with Gasteiger partial charge in [-0.1, -0.05) is 30.3 Å². The zero-order valence-electron chi connectivity index (χ0n) is 14.3. The number of fused-ring (bicyclic) bond motifs is 1. The van der Waals surface area contributed by atoms with Gasteiger partial charge in [0.2, 0.25) is 0 Å². The number of thioether (sulfide) groups is 1. The maximum absolute atomic E-state index is 13.4. The molecular formula is C22H18FNOS. The predicted molar refractivity (Wildman–Crippen MR) is 105 cm³/mol. The first-order valence-electron chi connectivity index (χ1n) is 8.37. The van der Waals surface area contributed by atoms with E-state index in [4.69, 9.17) is 4.74 Å². The van der Waals surface area contributed by atoms with Crippen molar-refractivity contribution in [2.24, 2.45) is 0 Å². The molecule has 0 aliphatic carbocycles. The molecule has 0 bridgehead atoms. The summed E-state index contributed by atoms with van der Waals surface area (Å²) < 4.78 is 18.7. The van der Waals surface area contributed by atoms with Crippen LogP contribution in [0.5, 0.6) is 5.75 Å². The number of hydrogen-bond acceptors (Lipinski definition) is 2. The number of H-pyrrole nitrogens is 1. The third-order valence-corrected chi connectivity index (χ3v) is 5.70. The molecule has 0 radical (unpaired) electrons.